The number of hydrogen-bond donors (Lipinski definition) is 0. The molecule has 25 heavy (non-hydrogen) atoms. The molecule has 1 aromatic carbocycles. The number of piperidine rings is 1. The Morgan fingerprint density at radius 3 is 2.72 bits per heavy atom. The number of hydrogen-bond acceptors (Lipinski definition) is 5. The van der Waals surface area contributed by atoms with Crippen LogP contribution in [-0.4, -0.2) is 49.5 Å². The molecule has 7 heteroatoms. The lowest BCUT2D eigenvalue weighted by atomic mass is 10.1. The van der Waals surface area contributed by atoms with Crippen molar-refractivity contribution in [2.24, 2.45) is 0 Å². The molecule has 2 aromatic rings. The average Bonchev–Trinajstić information content (AvgIpc) is 3.10. The van der Waals surface area contributed by atoms with Crippen molar-refractivity contribution in [1.82, 2.24) is 10.1 Å². The SMILES string of the molecule is COC1CCN(CCOCc2cc(-c3ccc(Cl)c(Cl)c3)no2)CC1. The highest BCUT2D eigenvalue weighted by atomic mass is 35.5. The molecule has 2 heterocycles. The number of methoxy groups -OCH3 is 1. The normalized spacial score (nSPS) is 16.4. The average molecular weight is 385 g/mol. The van der Waals surface area contributed by atoms with Gasteiger partial charge in [-0.2, -0.15) is 0 Å². The van der Waals surface area contributed by atoms with E-state index in [1.54, 1.807) is 19.2 Å². The monoisotopic (exact) mass is 384 g/mol. The molecule has 1 aromatic heterocycles. The lowest BCUT2D eigenvalue weighted by Crippen LogP contribution is -2.38. The van der Waals surface area contributed by atoms with Gasteiger partial charge < -0.3 is 18.9 Å². The molecule has 0 spiro atoms. The molecule has 0 N–H and O–H groups in total. The number of aromatic nitrogens is 1. The van der Waals surface area contributed by atoms with Crippen molar-refractivity contribution in [1.29, 1.82) is 0 Å². The van der Waals surface area contributed by atoms with Crippen LogP contribution in [0.25, 0.3) is 11.3 Å². The van der Waals surface area contributed by atoms with Crippen LogP contribution in [0.2, 0.25) is 10.0 Å². The molecule has 0 amide bonds. The highest BCUT2D eigenvalue weighted by Crippen LogP contribution is 2.28. The van der Waals surface area contributed by atoms with E-state index in [2.05, 4.69) is 10.1 Å². The second-order valence-corrected chi connectivity index (χ2v) is 6.95. The molecule has 1 fully saturated rings. The van der Waals surface area contributed by atoms with Gasteiger partial charge in [0.2, 0.25) is 0 Å². The molecule has 0 radical (unpaired) electrons. The quantitative estimate of drug-likeness (QED) is 0.666. The highest BCUT2D eigenvalue weighted by molar-refractivity contribution is 6.42. The zero-order chi connectivity index (χ0) is 17.6. The molecule has 5 nitrogen and oxygen atoms in total. The Hall–Kier alpha value is -1.11. The predicted molar refractivity (Wildman–Crippen MR) is 98.1 cm³/mol. The first kappa shape index (κ1) is 18.7. The lowest BCUT2D eigenvalue weighted by Gasteiger charge is -2.30. The maximum absolute atomic E-state index is 6.04. The van der Waals surface area contributed by atoms with Gasteiger partial charge in [0, 0.05) is 38.4 Å². The fourth-order valence-electron chi connectivity index (χ4n) is 2.91. The summed E-state index contributed by atoms with van der Waals surface area (Å²) >= 11 is 12.0. The van der Waals surface area contributed by atoms with Crippen LogP contribution >= 0.6 is 23.2 Å². The Labute approximate surface area is 157 Å². The summed E-state index contributed by atoms with van der Waals surface area (Å²) in [6, 6.07) is 7.25. The molecule has 1 saturated heterocycles. The third-order valence-electron chi connectivity index (χ3n) is 4.44. The van der Waals surface area contributed by atoms with Crippen LogP contribution in [0.5, 0.6) is 0 Å². The van der Waals surface area contributed by atoms with E-state index in [-0.39, 0.29) is 0 Å². The molecule has 0 unspecified atom stereocenters. The fraction of sp³-hybridized carbons (Fsp3) is 0.500. The largest absolute Gasteiger partial charge is 0.381 e. The van der Waals surface area contributed by atoms with Crippen LogP contribution in [0.1, 0.15) is 18.6 Å². The van der Waals surface area contributed by atoms with Gasteiger partial charge in [-0.15, -0.1) is 0 Å². The minimum Gasteiger partial charge on any atom is -0.381 e. The number of nitrogens with zero attached hydrogens (tertiary/aromatic N) is 2. The second kappa shape index (κ2) is 9.01. The van der Waals surface area contributed by atoms with Gasteiger partial charge in [-0.3, -0.25) is 0 Å². The lowest BCUT2D eigenvalue weighted by molar-refractivity contribution is 0.0243. The summed E-state index contributed by atoms with van der Waals surface area (Å²) in [4.78, 5) is 2.40. The standard InChI is InChI=1S/C18H22Cl2N2O3/c1-23-14-4-6-22(7-5-14)8-9-24-12-15-11-18(21-25-15)13-2-3-16(19)17(20)10-13/h2-3,10-11,14H,4-9,12H2,1H3. The summed E-state index contributed by atoms with van der Waals surface area (Å²) in [7, 11) is 1.78. The van der Waals surface area contributed by atoms with Gasteiger partial charge in [-0.1, -0.05) is 34.4 Å². The molecular weight excluding hydrogens is 363 g/mol. The molecule has 136 valence electrons. The number of benzene rings is 1. The molecular formula is C18H22Cl2N2O3. The zero-order valence-corrected chi connectivity index (χ0v) is 15.7. The van der Waals surface area contributed by atoms with E-state index >= 15 is 0 Å². The van der Waals surface area contributed by atoms with Crippen molar-refractivity contribution in [2.75, 3.05) is 33.4 Å². The summed E-state index contributed by atoms with van der Waals surface area (Å²) in [5.74, 6) is 0.694. The first-order chi connectivity index (χ1) is 12.2. The van der Waals surface area contributed by atoms with Crippen molar-refractivity contribution >= 4 is 23.2 Å². The predicted octanol–water partition coefficient (Wildman–Crippen LogP) is 4.28. The van der Waals surface area contributed by atoms with Gasteiger partial charge in [-0.25, -0.2) is 0 Å². The summed E-state index contributed by atoms with van der Waals surface area (Å²) in [5, 5.41) is 5.08. The Morgan fingerprint density at radius 2 is 2.00 bits per heavy atom. The van der Waals surface area contributed by atoms with Crippen molar-refractivity contribution in [3.05, 3.63) is 40.1 Å². The van der Waals surface area contributed by atoms with Gasteiger partial charge in [-0.05, 0) is 25.0 Å². The van der Waals surface area contributed by atoms with E-state index < -0.39 is 0 Å². The van der Waals surface area contributed by atoms with Crippen molar-refractivity contribution in [3.63, 3.8) is 0 Å². The second-order valence-electron chi connectivity index (χ2n) is 6.14. The smallest absolute Gasteiger partial charge is 0.163 e. The van der Waals surface area contributed by atoms with Crippen molar-refractivity contribution < 1.29 is 14.0 Å². The van der Waals surface area contributed by atoms with Crippen LogP contribution in [0.4, 0.5) is 0 Å². The molecule has 3 rings (SSSR count). The van der Waals surface area contributed by atoms with E-state index in [1.165, 1.54) is 0 Å². The summed E-state index contributed by atoms with van der Waals surface area (Å²) in [5.41, 5.74) is 1.59. The molecule has 1 aliphatic heterocycles. The maximum Gasteiger partial charge on any atom is 0.163 e. The van der Waals surface area contributed by atoms with Crippen LogP contribution in [0.15, 0.2) is 28.8 Å². The molecule has 0 aliphatic carbocycles. The minimum atomic E-state index is 0.406. The van der Waals surface area contributed by atoms with E-state index in [1.807, 2.05) is 12.1 Å². The Kier molecular flexibility index (Phi) is 6.73. The fourth-order valence-corrected chi connectivity index (χ4v) is 3.21. The van der Waals surface area contributed by atoms with E-state index in [9.17, 15) is 0 Å². The van der Waals surface area contributed by atoms with Crippen molar-refractivity contribution in [3.8, 4) is 11.3 Å². The van der Waals surface area contributed by atoms with Gasteiger partial charge >= 0.3 is 0 Å². The first-order valence-corrected chi connectivity index (χ1v) is 9.15. The third kappa shape index (κ3) is 5.19. The van der Waals surface area contributed by atoms with Crippen LogP contribution < -0.4 is 0 Å². The summed E-state index contributed by atoms with van der Waals surface area (Å²) < 4.78 is 16.4. The van der Waals surface area contributed by atoms with Crippen LogP contribution in [0, 0.1) is 0 Å². The maximum atomic E-state index is 6.04. The number of rotatable bonds is 7. The number of likely N-dealkylation sites (tertiary alicyclic amines) is 1. The molecule has 1 aliphatic rings. The van der Waals surface area contributed by atoms with E-state index in [4.69, 9.17) is 37.2 Å². The number of halogens is 2. The zero-order valence-electron chi connectivity index (χ0n) is 14.2. The topological polar surface area (TPSA) is 47.7 Å². The Morgan fingerprint density at radius 1 is 1.20 bits per heavy atom. The summed E-state index contributed by atoms with van der Waals surface area (Å²) in [6.45, 7) is 4.12. The van der Waals surface area contributed by atoms with Gasteiger partial charge in [0.25, 0.3) is 0 Å². The first-order valence-electron chi connectivity index (χ1n) is 8.39. The number of ether oxygens (including phenoxy) is 2. The van der Waals surface area contributed by atoms with Gasteiger partial charge in [0.15, 0.2) is 5.76 Å². The molecule has 0 atom stereocenters. The van der Waals surface area contributed by atoms with Crippen LogP contribution in [0.3, 0.4) is 0 Å². The summed E-state index contributed by atoms with van der Waals surface area (Å²) in [6.07, 6.45) is 2.59. The Balaban J connectivity index is 1.42. The van der Waals surface area contributed by atoms with E-state index in [0.717, 1.165) is 43.7 Å². The van der Waals surface area contributed by atoms with E-state index in [0.29, 0.717) is 35.1 Å². The van der Waals surface area contributed by atoms with Gasteiger partial charge in [0.1, 0.15) is 12.3 Å². The molecule has 0 saturated carbocycles. The Bertz CT molecular complexity index is 685. The van der Waals surface area contributed by atoms with Gasteiger partial charge in [0.05, 0.1) is 22.8 Å². The highest BCUT2D eigenvalue weighted by Gasteiger charge is 2.18. The van der Waals surface area contributed by atoms with Crippen LogP contribution in [-0.2, 0) is 16.1 Å². The molecule has 0 bridgehead atoms. The minimum absolute atomic E-state index is 0.406. The van der Waals surface area contributed by atoms with Crippen molar-refractivity contribution in [2.45, 2.75) is 25.6 Å². The third-order valence-corrected chi connectivity index (χ3v) is 5.18.